The lowest BCUT2D eigenvalue weighted by Gasteiger charge is -2.05. The van der Waals surface area contributed by atoms with Gasteiger partial charge in [-0.1, -0.05) is 13.8 Å². The van der Waals surface area contributed by atoms with E-state index in [2.05, 4.69) is 6.92 Å². The Bertz CT molecular complexity index is 132. The molecule has 10 heavy (non-hydrogen) atoms. The van der Waals surface area contributed by atoms with Crippen molar-refractivity contribution in [1.29, 1.82) is 0 Å². The second kappa shape index (κ2) is 3.49. The normalized spacial score (nSPS) is 29.6. The van der Waals surface area contributed by atoms with E-state index < -0.39 is 10.8 Å². The first-order chi connectivity index (χ1) is 4.74. The smallest absolute Gasteiger partial charge is 0.0924 e. The first kappa shape index (κ1) is 8.21. The molecule has 0 radical (unpaired) electrons. The van der Waals surface area contributed by atoms with Crippen molar-refractivity contribution in [3.63, 3.8) is 0 Å². The molecule has 0 spiro atoms. The highest BCUT2D eigenvalue weighted by molar-refractivity contribution is 7.85. The molecule has 1 heterocycles. The average Bonchev–Trinajstić information content (AvgIpc) is 2.70. The number of rotatable bonds is 4. The Kier molecular flexibility index (Phi) is 2.86. The minimum Gasteiger partial charge on any atom is -0.372 e. The van der Waals surface area contributed by atoms with Crippen molar-refractivity contribution >= 4 is 10.8 Å². The van der Waals surface area contributed by atoms with Gasteiger partial charge in [0, 0.05) is 16.0 Å². The van der Waals surface area contributed by atoms with Crippen LogP contribution in [-0.4, -0.2) is 27.9 Å². The summed E-state index contributed by atoms with van der Waals surface area (Å²) in [6.07, 6.45) is 1.31. The molecule has 0 aromatic heterocycles. The Morgan fingerprint density at radius 3 is 2.80 bits per heavy atom. The van der Waals surface area contributed by atoms with Crippen LogP contribution in [0.5, 0.6) is 0 Å². The summed E-state index contributed by atoms with van der Waals surface area (Å²) in [5.41, 5.74) is 0. The van der Waals surface area contributed by atoms with Crippen LogP contribution in [0.4, 0.5) is 0 Å². The summed E-state index contributed by atoms with van der Waals surface area (Å²) in [5, 5.41) is 0.337. The molecule has 1 aliphatic rings. The summed E-state index contributed by atoms with van der Waals surface area (Å²) in [7, 11) is -0.657. The Morgan fingerprint density at radius 1 is 1.80 bits per heavy atom. The maximum Gasteiger partial charge on any atom is 0.0924 e. The maximum atomic E-state index is 11.3. The van der Waals surface area contributed by atoms with E-state index >= 15 is 0 Å². The number of hydrogen-bond donors (Lipinski definition) is 0. The Hall–Kier alpha value is 0.110. The zero-order valence-corrected chi connectivity index (χ0v) is 7.32. The first-order valence-electron chi connectivity index (χ1n) is 3.72. The second-order valence-electron chi connectivity index (χ2n) is 2.72. The van der Waals surface area contributed by atoms with Crippen LogP contribution in [0, 0.1) is 0 Å². The van der Waals surface area contributed by atoms with Crippen molar-refractivity contribution < 1.29 is 8.95 Å². The fraction of sp³-hybridized carbons (Fsp3) is 1.00. The molecule has 0 amide bonds. The van der Waals surface area contributed by atoms with Gasteiger partial charge in [0.15, 0.2) is 0 Å². The molecule has 60 valence electrons. The molecule has 0 bridgehead atoms. The van der Waals surface area contributed by atoms with Crippen LogP contribution < -0.4 is 0 Å². The van der Waals surface area contributed by atoms with Crippen molar-refractivity contribution in [3.8, 4) is 0 Å². The summed E-state index contributed by atoms with van der Waals surface area (Å²) >= 11 is 0. The standard InChI is InChI=1S/C7H14O2S/c1-3-6(2)10(8)5-7-4-9-7/h6-7H,3-5H2,1-2H3. The lowest BCUT2D eigenvalue weighted by Crippen LogP contribution is -2.15. The van der Waals surface area contributed by atoms with Crippen LogP contribution in [0.15, 0.2) is 0 Å². The monoisotopic (exact) mass is 162 g/mol. The van der Waals surface area contributed by atoms with Crippen molar-refractivity contribution in [2.45, 2.75) is 31.6 Å². The Labute approximate surface area is 64.4 Å². The molecule has 0 aromatic rings. The largest absolute Gasteiger partial charge is 0.372 e. The molecular formula is C7H14O2S. The SMILES string of the molecule is CCC(C)S(=O)CC1CO1. The summed E-state index contributed by atoms with van der Waals surface area (Å²) in [4.78, 5) is 0. The van der Waals surface area contributed by atoms with Gasteiger partial charge in [-0.2, -0.15) is 0 Å². The van der Waals surface area contributed by atoms with E-state index in [1.54, 1.807) is 0 Å². The quantitative estimate of drug-likeness (QED) is 0.576. The molecule has 1 fully saturated rings. The highest BCUT2D eigenvalue weighted by Crippen LogP contribution is 2.13. The van der Waals surface area contributed by atoms with E-state index in [1.165, 1.54) is 0 Å². The number of epoxide rings is 1. The van der Waals surface area contributed by atoms with E-state index in [0.29, 0.717) is 11.4 Å². The van der Waals surface area contributed by atoms with E-state index in [-0.39, 0.29) is 0 Å². The predicted molar refractivity (Wildman–Crippen MR) is 42.5 cm³/mol. The highest BCUT2D eigenvalue weighted by Gasteiger charge is 2.26. The van der Waals surface area contributed by atoms with E-state index in [0.717, 1.165) is 18.8 Å². The van der Waals surface area contributed by atoms with Crippen molar-refractivity contribution in [2.24, 2.45) is 0 Å². The van der Waals surface area contributed by atoms with Gasteiger partial charge in [-0.25, -0.2) is 0 Å². The third kappa shape index (κ3) is 2.39. The molecule has 3 atom stereocenters. The van der Waals surface area contributed by atoms with E-state index in [9.17, 15) is 4.21 Å². The molecular weight excluding hydrogens is 148 g/mol. The first-order valence-corrected chi connectivity index (χ1v) is 5.11. The molecule has 3 heteroatoms. The van der Waals surface area contributed by atoms with Gasteiger partial charge in [-0.15, -0.1) is 0 Å². The summed E-state index contributed by atoms with van der Waals surface area (Å²) in [5.74, 6) is 0.745. The minimum atomic E-state index is -0.657. The van der Waals surface area contributed by atoms with E-state index in [4.69, 9.17) is 4.74 Å². The lowest BCUT2D eigenvalue weighted by atomic mass is 10.4. The van der Waals surface area contributed by atoms with Gasteiger partial charge in [0.1, 0.15) is 0 Å². The van der Waals surface area contributed by atoms with Crippen LogP contribution in [0.25, 0.3) is 0 Å². The van der Waals surface area contributed by atoms with Crippen molar-refractivity contribution in [3.05, 3.63) is 0 Å². The summed E-state index contributed by atoms with van der Waals surface area (Å²) in [6.45, 7) is 4.91. The van der Waals surface area contributed by atoms with Gasteiger partial charge in [0.2, 0.25) is 0 Å². The van der Waals surface area contributed by atoms with Crippen LogP contribution in [0.2, 0.25) is 0 Å². The zero-order valence-electron chi connectivity index (χ0n) is 6.50. The van der Waals surface area contributed by atoms with Gasteiger partial charge in [-0.3, -0.25) is 4.21 Å². The Balaban J connectivity index is 2.18. The average molecular weight is 162 g/mol. The Morgan fingerprint density at radius 2 is 2.40 bits per heavy atom. The van der Waals surface area contributed by atoms with Gasteiger partial charge >= 0.3 is 0 Å². The van der Waals surface area contributed by atoms with Crippen LogP contribution in [0.1, 0.15) is 20.3 Å². The third-order valence-corrected chi connectivity index (χ3v) is 3.71. The minimum absolute atomic E-state index is 0.315. The molecule has 1 saturated heterocycles. The molecule has 1 aliphatic heterocycles. The number of ether oxygens (including phenoxy) is 1. The van der Waals surface area contributed by atoms with Gasteiger partial charge in [0.05, 0.1) is 18.5 Å². The maximum absolute atomic E-state index is 11.3. The highest BCUT2D eigenvalue weighted by atomic mass is 32.2. The molecule has 3 unspecified atom stereocenters. The van der Waals surface area contributed by atoms with Crippen LogP contribution >= 0.6 is 0 Å². The molecule has 0 aromatic carbocycles. The van der Waals surface area contributed by atoms with Gasteiger partial charge < -0.3 is 4.74 Å². The van der Waals surface area contributed by atoms with Gasteiger partial charge in [0.25, 0.3) is 0 Å². The molecule has 0 saturated carbocycles. The third-order valence-electron chi connectivity index (χ3n) is 1.78. The predicted octanol–water partition coefficient (Wildman–Crippen LogP) is 0.932. The molecule has 0 aliphatic carbocycles. The van der Waals surface area contributed by atoms with E-state index in [1.807, 2.05) is 6.92 Å². The number of hydrogen-bond acceptors (Lipinski definition) is 2. The van der Waals surface area contributed by atoms with Crippen LogP contribution in [-0.2, 0) is 15.5 Å². The van der Waals surface area contributed by atoms with Crippen molar-refractivity contribution in [2.75, 3.05) is 12.4 Å². The van der Waals surface area contributed by atoms with Crippen molar-refractivity contribution in [1.82, 2.24) is 0 Å². The fourth-order valence-corrected chi connectivity index (χ4v) is 1.96. The second-order valence-corrected chi connectivity index (χ2v) is 4.62. The topological polar surface area (TPSA) is 29.6 Å². The van der Waals surface area contributed by atoms with Crippen LogP contribution in [0.3, 0.4) is 0 Å². The summed E-state index contributed by atoms with van der Waals surface area (Å²) in [6, 6.07) is 0. The fourth-order valence-electron chi connectivity index (χ4n) is 0.698. The lowest BCUT2D eigenvalue weighted by molar-refractivity contribution is 0.424. The van der Waals surface area contributed by atoms with Gasteiger partial charge in [-0.05, 0) is 6.42 Å². The summed E-state index contributed by atoms with van der Waals surface area (Å²) < 4.78 is 16.2. The molecule has 1 rings (SSSR count). The zero-order chi connectivity index (χ0) is 7.56. The molecule has 0 N–H and O–H groups in total. The molecule has 2 nitrogen and oxygen atoms in total.